The molecule has 0 aliphatic carbocycles. The molecule has 0 radical (unpaired) electrons. The highest BCUT2D eigenvalue weighted by Gasteiger charge is 2.16. The standard InChI is InChI=1S/C14H16N2O/c1-2-3-12-9-16-14(17-10-12)13-6-4-11(8-15)5-7-13/h4-7,12H,2-3,9-10H2,1H3. The van der Waals surface area contributed by atoms with Crippen LogP contribution in [0.4, 0.5) is 0 Å². The van der Waals surface area contributed by atoms with E-state index in [1.165, 1.54) is 12.8 Å². The van der Waals surface area contributed by atoms with Crippen LogP contribution >= 0.6 is 0 Å². The Bertz CT molecular complexity index is 442. The average Bonchev–Trinajstić information content (AvgIpc) is 2.40. The number of ether oxygens (including phenoxy) is 1. The summed E-state index contributed by atoms with van der Waals surface area (Å²) in [6.07, 6.45) is 2.35. The zero-order valence-electron chi connectivity index (χ0n) is 10.0. The Labute approximate surface area is 102 Å². The van der Waals surface area contributed by atoms with E-state index in [1.807, 2.05) is 12.1 Å². The molecule has 0 spiro atoms. The van der Waals surface area contributed by atoms with Gasteiger partial charge < -0.3 is 4.74 Å². The van der Waals surface area contributed by atoms with Crippen molar-refractivity contribution < 1.29 is 4.74 Å². The Morgan fingerprint density at radius 1 is 1.41 bits per heavy atom. The van der Waals surface area contributed by atoms with E-state index in [-0.39, 0.29) is 0 Å². The third-order valence-corrected chi connectivity index (χ3v) is 2.91. The molecular weight excluding hydrogens is 212 g/mol. The SMILES string of the molecule is CCCC1CN=C(c2ccc(C#N)cc2)OC1. The van der Waals surface area contributed by atoms with Crippen LogP contribution in [-0.2, 0) is 4.74 Å². The fourth-order valence-electron chi connectivity index (χ4n) is 1.95. The lowest BCUT2D eigenvalue weighted by Gasteiger charge is -2.21. The predicted molar refractivity (Wildman–Crippen MR) is 66.9 cm³/mol. The van der Waals surface area contributed by atoms with E-state index in [0.29, 0.717) is 17.4 Å². The first kappa shape index (κ1) is 11.7. The summed E-state index contributed by atoms with van der Waals surface area (Å²) >= 11 is 0. The van der Waals surface area contributed by atoms with Gasteiger partial charge in [-0.1, -0.05) is 13.3 Å². The molecule has 0 aromatic heterocycles. The minimum atomic E-state index is 0.558. The van der Waals surface area contributed by atoms with E-state index in [1.54, 1.807) is 12.1 Å². The molecule has 1 aliphatic heterocycles. The highest BCUT2D eigenvalue weighted by atomic mass is 16.5. The summed E-state index contributed by atoms with van der Waals surface area (Å²) in [5.41, 5.74) is 1.62. The second-order valence-corrected chi connectivity index (χ2v) is 4.30. The lowest BCUT2D eigenvalue weighted by atomic mass is 10.0. The van der Waals surface area contributed by atoms with E-state index in [9.17, 15) is 0 Å². The molecule has 2 rings (SSSR count). The van der Waals surface area contributed by atoms with Gasteiger partial charge in [-0.05, 0) is 30.7 Å². The lowest BCUT2D eigenvalue weighted by molar-refractivity contribution is 0.213. The number of nitrogens with zero attached hydrogens (tertiary/aromatic N) is 2. The van der Waals surface area contributed by atoms with Gasteiger partial charge >= 0.3 is 0 Å². The topological polar surface area (TPSA) is 45.4 Å². The molecule has 0 bridgehead atoms. The number of hydrogen-bond donors (Lipinski definition) is 0. The first-order chi connectivity index (χ1) is 8.33. The molecule has 0 N–H and O–H groups in total. The minimum absolute atomic E-state index is 0.558. The third-order valence-electron chi connectivity index (χ3n) is 2.91. The molecule has 17 heavy (non-hydrogen) atoms. The molecule has 1 aromatic carbocycles. The van der Waals surface area contributed by atoms with Crippen LogP contribution in [0.1, 0.15) is 30.9 Å². The Kier molecular flexibility index (Phi) is 3.77. The Morgan fingerprint density at radius 3 is 2.71 bits per heavy atom. The van der Waals surface area contributed by atoms with Crippen molar-refractivity contribution in [1.82, 2.24) is 0 Å². The number of rotatable bonds is 3. The zero-order valence-corrected chi connectivity index (χ0v) is 10.0. The Balaban J connectivity index is 2.06. The van der Waals surface area contributed by atoms with Crippen molar-refractivity contribution in [1.29, 1.82) is 5.26 Å². The van der Waals surface area contributed by atoms with Crippen molar-refractivity contribution in [3.8, 4) is 6.07 Å². The maximum Gasteiger partial charge on any atom is 0.216 e. The van der Waals surface area contributed by atoms with Gasteiger partial charge in [0.05, 0.1) is 18.2 Å². The summed E-state index contributed by atoms with van der Waals surface area (Å²) < 4.78 is 5.67. The van der Waals surface area contributed by atoms with Crippen molar-refractivity contribution >= 4 is 5.90 Å². The smallest absolute Gasteiger partial charge is 0.216 e. The molecule has 0 saturated carbocycles. The summed E-state index contributed by atoms with van der Waals surface area (Å²) in [5.74, 6) is 1.27. The number of aliphatic imine (C=N–C) groups is 1. The zero-order chi connectivity index (χ0) is 12.1. The van der Waals surface area contributed by atoms with Crippen LogP contribution in [-0.4, -0.2) is 19.0 Å². The van der Waals surface area contributed by atoms with Gasteiger partial charge in [0.2, 0.25) is 5.90 Å². The van der Waals surface area contributed by atoms with E-state index >= 15 is 0 Å². The minimum Gasteiger partial charge on any atom is -0.477 e. The third kappa shape index (κ3) is 2.85. The number of nitriles is 1. The Morgan fingerprint density at radius 2 is 2.18 bits per heavy atom. The highest BCUT2D eigenvalue weighted by Crippen LogP contribution is 2.16. The lowest BCUT2D eigenvalue weighted by Crippen LogP contribution is -2.23. The molecule has 0 saturated heterocycles. The second-order valence-electron chi connectivity index (χ2n) is 4.30. The van der Waals surface area contributed by atoms with Gasteiger partial charge in [-0.15, -0.1) is 0 Å². The largest absolute Gasteiger partial charge is 0.477 e. The van der Waals surface area contributed by atoms with Crippen molar-refractivity contribution in [2.24, 2.45) is 10.9 Å². The van der Waals surface area contributed by atoms with Crippen LogP contribution in [0.15, 0.2) is 29.3 Å². The molecule has 88 valence electrons. The van der Waals surface area contributed by atoms with Crippen molar-refractivity contribution in [3.05, 3.63) is 35.4 Å². The van der Waals surface area contributed by atoms with Gasteiger partial charge in [-0.25, -0.2) is 0 Å². The fraction of sp³-hybridized carbons (Fsp3) is 0.429. The van der Waals surface area contributed by atoms with Gasteiger partial charge in [-0.2, -0.15) is 5.26 Å². The molecule has 3 heteroatoms. The fourth-order valence-corrected chi connectivity index (χ4v) is 1.95. The van der Waals surface area contributed by atoms with Crippen molar-refractivity contribution in [3.63, 3.8) is 0 Å². The molecule has 0 fully saturated rings. The summed E-state index contributed by atoms with van der Waals surface area (Å²) in [6, 6.07) is 9.46. The molecule has 1 atom stereocenters. The van der Waals surface area contributed by atoms with Gasteiger partial charge in [0.1, 0.15) is 0 Å². The molecule has 1 heterocycles. The number of benzene rings is 1. The van der Waals surface area contributed by atoms with Gasteiger partial charge in [-0.3, -0.25) is 4.99 Å². The van der Waals surface area contributed by atoms with Crippen LogP contribution in [0.25, 0.3) is 0 Å². The first-order valence-electron chi connectivity index (χ1n) is 6.01. The van der Waals surface area contributed by atoms with Crippen LogP contribution < -0.4 is 0 Å². The van der Waals surface area contributed by atoms with Gasteiger partial charge in [0.25, 0.3) is 0 Å². The van der Waals surface area contributed by atoms with Crippen molar-refractivity contribution in [2.75, 3.05) is 13.2 Å². The monoisotopic (exact) mass is 228 g/mol. The maximum atomic E-state index is 8.72. The quantitative estimate of drug-likeness (QED) is 0.798. The summed E-state index contributed by atoms with van der Waals surface area (Å²) in [5, 5.41) is 8.72. The van der Waals surface area contributed by atoms with Gasteiger partial charge in [0.15, 0.2) is 0 Å². The van der Waals surface area contributed by atoms with E-state index in [4.69, 9.17) is 10.00 Å². The summed E-state index contributed by atoms with van der Waals surface area (Å²) in [7, 11) is 0. The number of hydrogen-bond acceptors (Lipinski definition) is 3. The van der Waals surface area contributed by atoms with Gasteiger partial charge in [0, 0.05) is 18.0 Å². The van der Waals surface area contributed by atoms with Crippen molar-refractivity contribution in [2.45, 2.75) is 19.8 Å². The van der Waals surface area contributed by atoms with E-state index in [0.717, 1.165) is 18.7 Å². The average molecular weight is 228 g/mol. The van der Waals surface area contributed by atoms with Crippen LogP contribution in [0.5, 0.6) is 0 Å². The molecule has 1 unspecified atom stereocenters. The van der Waals surface area contributed by atoms with E-state index < -0.39 is 0 Å². The summed E-state index contributed by atoms with van der Waals surface area (Å²) in [6.45, 7) is 3.79. The Hall–Kier alpha value is -1.82. The maximum absolute atomic E-state index is 8.72. The molecule has 1 aromatic rings. The molecule has 3 nitrogen and oxygen atoms in total. The van der Waals surface area contributed by atoms with Crippen LogP contribution in [0, 0.1) is 17.2 Å². The van der Waals surface area contributed by atoms with Crippen LogP contribution in [0.3, 0.4) is 0 Å². The first-order valence-corrected chi connectivity index (χ1v) is 6.01. The normalized spacial score (nSPS) is 19.1. The molecular formula is C14H16N2O. The summed E-state index contributed by atoms with van der Waals surface area (Å²) in [4.78, 5) is 4.47. The predicted octanol–water partition coefficient (Wildman–Crippen LogP) is 2.75. The van der Waals surface area contributed by atoms with Crippen LogP contribution in [0.2, 0.25) is 0 Å². The van der Waals surface area contributed by atoms with E-state index in [2.05, 4.69) is 18.0 Å². The molecule has 1 aliphatic rings. The highest BCUT2D eigenvalue weighted by molar-refractivity contribution is 5.94. The molecule has 0 amide bonds. The second kappa shape index (κ2) is 5.49.